The fraction of sp³-hybridized carbons (Fsp3) is 0.600. The van der Waals surface area contributed by atoms with Gasteiger partial charge in [-0.15, -0.1) is 0 Å². The fourth-order valence-corrected chi connectivity index (χ4v) is 9.58. The molecule has 2 unspecified atom stereocenters. The number of Topliss-reactive ketones (excluding diaryl/α,β-unsaturated/α-hetero) is 1. The van der Waals surface area contributed by atoms with Crippen LogP contribution in [-0.4, -0.2) is 84.0 Å². The number of nitro benzene ring substituents is 1. The summed E-state index contributed by atoms with van der Waals surface area (Å²) in [6.07, 6.45) is 3.62. The van der Waals surface area contributed by atoms with E-state index in [1.807, 2.05) is 33.8 Å². The van der Waals surface area contributed by atoms with Gasteiger partial charge in [0.25, 0.3) is 5.69 Å². The normalized spacial score (nSPS) is 19.1. The van der Waals surface area contributed by atoms with Gasteiger partial charge in [0, 0.05) is 43.4 Å². The van der Waals surface area contributed by atoms with Crippen LogP contribution in [0.4, 0.5) is 5.69 Å². The zero-order valence-corrected chi connectivity index (χ0v) is 33.6. The zero-order valence-electron chi connectivity index (χ0n) is 32.7. The first kappa shape index (κ1) is 46.1. The van der Waals surface area contributed by atoms with Gasteiger partial charge in [-0.2, -0.15) is 0 Å². The number of nitrogens with two attached hydrogens (primary N) is 1. The first-order valence-corrected chi connectivity index (χ1v) is 21.0. The number of aliphatic hydroxyl groups excluding tert-OH is 1. The molecule has 6 atom stereocenters. The van der Waals surface area contributed by atoms with Crippen LogP contribution >= 0.6 is 0 Å². The lowest BCUT2D eigenvalue weighted by Crippen LogP contribution is -2.57. The molecule has 0 spiro atoms. The molecule has 8 N–H and O–H groups in total. The maximum atomic E-state index is 14.6. The molecule has 1 aliphatic heterocycles. The number of fused-ring (bicyclic) bond motifs is 1. The smallest absolute Gasteiger partial charge is 0.270 e. The Morgan fingerprint density at radius 1 is 0.929 bits per heavy atom. The molecular weight excluding hydrogens is 743 g/mol. The van der Waals surface area contributed by atoms with Crippen LogP contribution in [0.25, 0.3) is 0 Å². The number of carbonyl (C=O) groups is 4. The van der Waals surface area contributed by atoms with E-state index in [0.29, 0.717) is 18.5 Å². The minimum absolute atomic E-state index is 0. The van der Waals surface area contributed by atoms with Crippen LogP contribution in [0.2, 0.25) is 0 Å². The van der Waals surface area contributed by atoms with Crippen LogP contribution in [0.3, 0.4) is 0 Å². The number of rotatable bonds is 19. The van der Waals surface area contributed by atoms with E-state index in [1.54, 1.807) is 24.3 Å². The average molecular weight is 802 g/mol. The second kappa shape index (κ2) is 20.8. The number of non-ortho nitro benzene ring substituents is 1. The largest absolute Gasteiger partial charge is 0.412 e. The van der Waals surface area contributed by atoms with Gasteiger partial charge >= 0.3 is 0 Å². The van der Waals surface area contributed by atoms with Crippen LogP contribution < -0.4 is 21.7 Å². The third-order valence-corrected chi connectivity index (χ3v) is 12.4. The van der Waals surface area contributed by atoms with Crippen molar-refractivity contribution in [1.29, 1.82) is 0 Å². The molecule has 1 fully saturated rings. The number of sulfone groups is 1. The Labute approximate surface area is 329 Å². The van der Waals surface area contributed by atoms with Crippen molar-refractivity contribution >= 4 is 39.0 Å². The molecule has 0 bridgehead atoms. The van der Waals surface area contributed by atoms with E-state index in [-0.39, 0.29) is 53.1 Å². The van der Waals surface area contributed by atoms with Crippen LogP contribution in [0.5, 0.6) is 0 Å². The molecule has 0 aromatic heterocycles. The number of nitro groups is 1. The number of ketones is 1. The predicted molar refractivity (Wildman–Crippen MR) is 211 cm³/mol. The Morgan fingerprint density at radius 2 is 1.59 bits per heavy atom. The first-order chi connectivity index (χ1) is 26.0. The van der Waals surface area contributed by atoms with E-state index >= 15 is 0 Å². The standard InChI is InChI=1S/C40H57N5O9S.H2O/c1-24(2)17-32(37(47)31(18-26-11-7-5-8-12-26)38(48)36(41)40(50)42-22-25(3)4)44-39(49)33(19-27-13-9-6-10-14-27)43-35(46)20-28-23-55(53,54)34-21-29(45(51)52)15-16-30(28)34;/h6,9-10,13-16,21,24-26,28,31-33,36,38,48H,5,7-8,11-12,17-20,22-23,41H2,1-4H3,(H,42,50)(H,43,46)(H,44,49);1H2/t28?,31-,32+,33+,36?,38+;/m1./s1. The van der Waals surface area contributed by atoms with Gasteiger partial charge in [0.15, 0.2) is 15.6 Å². The van der Waals surface area contributed by atoms with E-state index in [2.05, 4.69) is 16.0 Å². The predicted octanol–water partition coefficient (Wildman–Crippen LogP) is 2.91. The second-order valence-corrected chi connectivity index (χ2v) is 18.1. The van der Waals surface area contributed by atoms with Crippen molar-refractivity contribution in [2.45, 2.75) is 121 Å². The van der Waals surface area contributed by atoms with Crippen molar-refractivity contribution in [1.82, 2.24) is 16.0 Å². The van der Waals surface area contributed by atoms with Gasteiger partial charge in [0.2, 0.25) is 17.7 Å². The molecule has 2 aromatic carbocycles. The summed E-state index contributed by atoms with van der Waals surface area (Å²) in [4.78, 5) is 65.8. The monoisotopic (exact) mass is 801 g/mol. The summed E-state index contributed by atoms with van der Waals surface area (Å²) in [5.41, 5.74) is 6.95. The van der Waals surface area contributed by atoms with Gasteiger partial charge in [-0.25, -0.2) is 8.42 Å². The van der Waals surface area contributed by atoms with Gasteiger partial charge in [-0.1, -0.05) is 96.2 Å². The van der Waals surface area contributed by atoms with Crippen LogP contribution in [0.1, 0.15) is 96.1 Å². The van der Waals surface area contributed by atoms with Gasteiger partial charge in [0.1, 0.15) is 12.1 Å². The van der Waals surface area contributed by atoms with Crippen molar-refractivity contribution in [3.8, 4) is 0 Å². The van der Waals surface area contributed by atoms with Crippen LogP contribution in [0, 0.1) is 33.8 Å². The highest BCUT2D eigenvalue weighted by molar-refractivity contribution is 7.91. The first-order valence-electron chi connectivity index (χ1n) is 19.4. The van der Waals surface area contributed by atoms with Crippen molar-refractivity contribution in [3.05, 3.63) is 69.8 Å². The summed E-state index contributed by atoms with van der Waals surface area (Å²) in [6, 6.07) is 8.91. The van der Waals surface area contributed by atoms with E-state index in [4.69, 9.17) is 5.73 Å². The summed E-state index contributed by atoms with van der Waals surface area (Å²) in [7, 11) is -3.89. The van der Waals surface area contributed by atoms with E-state index in [9.17, 15) is 42.8 Å². The molecule has 15 nitrogen and oxygen atoms in total. The van der Waals surface area contributed by atoms with Gasteiger partial charge in [-0.3, -0.25) is 29.3 Å². The molecule has 0 saturated heterocycles. The van der Waals surface area contributed by atoms with Crippen LogP contribution in [-0.2, 0) is 35.4 Å². The third-order valence-electron chi connectivity index (χ3n) is 10.6. The molecule has 2 aromatic rings. The highest BCUT2D eigenvalue weighted by Crippen LogP contribution is 2.39. The molecule has 1 aliphatic carbocycles. The van der Waals surface area contributed by atoms with E-state index in [1.165, 1.54) is 12.1 Å². The maximum absolute atomic E-state index is 14.6. The SMILES string of the molecule is CC(C)CNC(=O)C(N)[C@@H](O)[C@H](CC1CCCCC1)C(=O)[C@H](CC(C)C)NC(=O)[C@H](Cc1ccccc1)NC(=O)CC1CS(=O)(=O)c2cc([N+](=O)[O-])ccc21.O. The molecule has 4 rings (SSSR count). The minimum atomic E-state index is -3.89. The number of nitrogens with zero attached hydrogens (tertiary/aromatic N) is 1. The maximum Gasteiger partial charge on any atom is 0.270 e. The zero-order chi connectivity index (χ0) is 40.4. The molecule has 16 heteroatoms. The Kier molecular flexibility index (Phi) is 17.1. The summed E-state index contributed by atoms with van der Waals surface area (Å²) < 4.78 is 25.9. The lowest BCUT2D eigenvalue weighted by Gasteiger charge is -2.34. The van der Waals surface area contributed by atoms with E-state index < -0.39 is 80.1 Å². The van der Waals surface area contributed by atoms with Crippen LogP contribution in [0.15, 0.2) is 53.4 Å². The van der Waals surface area contributed by atoms with E-state index in [0.717, 1.165) is 43.7 Å². The summed E-state index contributed by atoms with van der Waals surface area (Å²) in [6.45, 7) is 8.01. The number of carbonyl (C=O) groups excluding carboxylic acids is 4. The number of nitrogens with one attached hydrogen (secondary N) is 3. The highest BCUT2D eigenvalue weighted by Gasteiger charge is 2.41. The van der Waals surface area contributed by atoms with Gasteiger partial charge in [-0.05, 0) is 41.7 Å². The number of benzene rings is 2. The number of hydrogen-bond acceptors (Lipinski definition) is 10. The molecule has 3 amide bonds. The molecule has 1 saturated carbocycles. The fourth-order valence-electron chi connectivity index (χ4n) is 7.67. The number of amides is 3. The third kappa shape index (κ3) is 12.6. The molecule has 1 heterocycles. The Morgan fingerprint density at radius 3 is 2.20 bits per heavy atom. The summed E-state index contributed by atoms with van der Waals surface area (Å²) >= 11 is 0. The van der Waals surface area contributed by atoms with Gasteiger partial charge < -0.3 is 32.3 Å². The van der Waals surface area contributed by atoms with Crippen molar-refractivity contribution in [2.75, 3.05) is 12.3 Å². The Hall–Kier alpha value is -4.25. The van der Waals surface area contributed by atoms with Crippen molar-refractivity contribution in [2.24, 2.45) is 29.4 Å². The molecule has 56 heavy (non-hydrogen) atoms. The van der Waals surface area contributed by atoms with Gasteiger partial charge in [0.05, 0.1) is 27.7 Å². The second-order valence-electron chi connectivity index (χ2n) is 16.1. The highest BCUT2D eigenvalue weighted by atomic mass is 32.2. The summed E-state index contributed by atoms with van der Waals surface area (Å²) in [5, 5.41) is 31.3. The Balaban J connectivity index is 0.00000841. The quantitative estimate of drug-likeness (QED) is 0.102. The lowest BCUT2D eigenvalue weighted by molar-refractivity contribution is -0.385. The van der Waals surface area contributed by atoms with Crippen molar-refractivity contribution < 1.29 is 43.1 Å². The Bertz CT molecular complexity index is 1780. The molecular formula is C40H59N5O10S. The summed E-state index contributed by atoms with van der Waals surface area (Å²) in [5.74, 6) is -4.27. The lowest BCUT2D eigenvalue weighted by atomic mass is 9.76. The minimum Gasteiger partial charge on any atom is -0.412 e. The molecule has 2 aliphatic rings. The topological polar surface area (TPSA) is 259 Å². The number of aliphatic hydroxyl groups is 1. The average Bonchev–Trinajstić information content (AvgIpc) is 3.39. The number of hydrogen-bond donors (Lipinski definition) is 5. The molecule has 310 valence electrons. The van der Waals surface area contributed by atoms with Crippen molar-refractivity contribution in [3.63, 3.8) is 0 Å². The molecule has 0 radical (unpaired) electrons.